The lowest BCUT2D eigenvalue weighted by atomic mass is 10.1. The highest BCUT2D eigenvalue weighted by Crippen LogP contribution is 2.19. The van der Waals surface area contributed by atoms with Crippen molar-refractivity contribution in [3.63, 3.8) is 0 Å². The van der Waals surface area contributed by atoms with Crippen LogP contribution in [0.25, 0.3) is 0 Å². The number of carbonyl (C=O) groups excluding carboxylic acids is 1. The Hall–Kier alpha value is -2.27. The number of amides is 1. The number of hydrogen-bond donors (Lipinski definition) is 2. The van der Waals surface area contributed by atoms with Gasteiger partial charge >= 0.3 is 0 Å². The molecule has 2 N–H and O–H groups in total. The standard InChI is InChI=1S/C19H24FN3O/c1-12-6-5-7-18(14(12)3)23-19(24)10-13(2)22-15(4)16-8-9-21-11-17(16)20/h5-9,11,13,15,22H,10H2,1-4H3,(H,23,24). The zero-order chi connectivity index (χ0) is 17.7. The second-order valence-electron chi connectivity index (χ2n) is 6.19. The summed E-state index contributed by atoms with van der Waals surface area (Å²) in [6, 6.07) is 7.20. The van der Waals surface area contributed by atoms with E-state index in [0.717, 1.165) is 16.8 Å². The predicted octanol–water partition coefficient (Wildman–Crippen LogP) is 3.91. The number of aryl methyl sites for hydroxylation is 1. The molecule has 0 saturated heterocycles. The third-order valence-electron chi connectivity index (χ3n) is 4.18. The molecular formula is C19H24FN3O. The van der Waals surface area contributed by atoms with E-state index in [1.807, 2.05) is 45.9 Å². The molecule has 0 aliphatic carbocycles. The van der Waals surface area contributed by atoms with Crippen molar-refractivity contribution in [2.24, 2.45) is 0 Å². The van der Waals surface area contributed by atoms with Crippen LogP contribution < -0.4 is 10.6 Å². The summed E-state index contributed by atoms with van der Waals surface area (Å²) in [4.78, 5) is 16.0. The molecule has 0 bridgehead atoms. The van der Waals surface area contributed by atoms with Gasteiger partial charge in [-0.25, -0.2) is 4.39 Å². The minimum Gasteiger partial charge on any atom is -0.326 e. The summed E-state index contributed by atoms with van der Waals surface area (Å²) in [5.41, 5.74) is 3.59. The van der Waals surface area contributed by atoms with E-state index in [0.29, 0.717) is 12.0 Å². The number of hydrogen-bond acceptors (Lipinski definition) is 3. The van der Waals surface area contributed by atoms with E-state index in [1.165, 1.54) is 6.20 Å². The van der Waals surface area contributed by atoms with Gasteiger partial charge in [0.25, 0.3) is 0 Å². The Balaban J connectivity index is 1.92. The number of anilines is 1. The van der Waals surface area contributed by atoms with Crippen LogP contribution in [0.2, 0.25) is 0 Å². The lowest BCUT2D eigenvalue weighted by molar-refractivity contribution is -0.116. The lowest BCUT2D eigenvalue weighted by Crippen LogP contribution is -2.33. The number of benzene rings is 1. The topological polar surface area (TPSA) is 54.0 Å². The van der Waals surface area contributed by atoms with Gasteiger partial charge in [0.15, 0.2) is 0 Å². The van der Waals surface area contributed by atoms with Crippen molar-refractivity contribution in [2.75, 3.05) is 5.32 Å². The van der Waals surface area contributed by atoms with Crippen LogP contribution in [0.4, 0.5) is 10.1 Å². The zero-order valence-electron chi connectivity index (χ0n) is 14.6. The van der Waals surface area contributed by atoms with Gasteiger partial charge in [0.2, 0.25) is 5.91 Å². The molecule has 4 nitrogen and oxygen atoms in total. The fourth-order valence-electron chi connectivity index (χ4n) is 2.68. The van der Waals surface area contributed by atoms with Crippen molar-refractivity contribution in [1.82, 2.24) is 10.3 Å². The van der Waals surface area contributed by atoms with Crippen LogP contribution in [-0.2, 0) is 4.79 Å². The maximum Gasteiger partial charge on any atom is 0.225 e. The number of nitrogens with one attached hydrogen (secondary N) is 2. The minimum absolute atomic E-state index is 0.0638. The second-order valence-corrected chi connectivity index (χ2v) is 6.19. The second kappa shape index (κ2) is 8.02. The summed E-state index contributed by atoms with van der Waals surface area (Å²) in [5.74, 6) is -0.407. The van der Waals surface area contributed by atoms with Gasteiger partial charge < -0.3 is 10.6 Å². The van der Waals surface area contributed by atoms with Gasteiger partial charge in [-0.2, -0.15) is 0 Å². The van der Waals surface area contributed by atoms with Gasteiger partial charge in [-0.3, -0.25) is 9.78 Å². The third kappa shape index (κ3) is 4.61. The van der Waals surface area contributed by atoms with E-state index in [-0.39, 0.29) is 23.8 Å². The van der Waals surface area contributed by atoms with E-state index >= 15 is 0 Å². The maximum atomic E-state index is 13.7. The first-order valence-electron chi connectivity index (χ1n) is 8.10. The first-order chi connectivity index (χ1) is 11.4. The highest BCUT2D eigenvalue weighted by molar-refractivity contribution is 5.92. The van der Waals surface area contributed by atoms with E-state index in [2.05, 4.69) is 15.6 Å². The molecule has 0 aliphatic rings. The predicted molar refractivity (Wildman–Crippen MR) is 94.4 cm³/mol. The van der Waals surface area contributed by atoms with E-state index < -0.39 is 0 Å². The Labute approximate surface area is 142 Å². The molecule has 2 atom stereocenters. The van der Waals surface area contributed by atoms with Crippen molar-refractivity contribution in [3.05, 3.63) is 59.2 Å². The molecule has 1 aromatic heterocycles. The molecule has 0 radical (unpaired) electrons. The Morgan fingerprint density at radius 2 is 2.00 bits per heavy atom. The molecule has 0 aliphatic heterocycles. The first-order valence-corrected chi connectivity index (χ1v) is 8.10. The van der Waals surface area contributed by atoms with Gasteiger partial charge in [0, 0.05) is 36.0 Å². The van der Waals surface area contributed by atoms with Gasteiger partial charge in [-0.05, 0) is 51.0 Å². The van der Waals surface area contributed by atoms with Crippen LogP contribution in [0.5, 0.6) is 0 Å². The highest BCUT2D eigenvalue weighted by atomic mass is 19.1. The normalized spacial score (nSPS) is 13.4. The number of pyridine rings is 1. The lowest BCUT2D eigenvalue weighted by Gasteiger charge is -2.20. The maximum absolute atomic E-state index is 13.7. The minimum atomic E-state index is -0.343. The monoisotopic (exact) mass is 329 g/mol. The molecule has 1 amide bonds. The fourth-order valence-corrected chi connectivity index (χ4v) is 2.68. The van der Waals surface area contributed by atoms with Gasteiger partial charge in [-0.15, -0.1) is 0 Å². The Morgan fingerprint density at radius 3 is 2.71 bits per heavy atom. The summed E-state index contributed by atoms with van der Waals surface area (Å²) in [6.45, 7) is 7.79. The smallest absolute Gasteiger partial charge is 0.225 e. The molecule has 24 heavy (non-hydrogen) atoms. The Kier molecular flexibility index (Phi) is 6.04. The summed E-state index contributed by atoms with van der Waals surface area (Å²) < 4.78 is 13.7. The molecule has 0 spiro atoms. The molecule has 5 heteroatoms. The largest absolute Gasteiger partial charge is 0.326 e. The van der Waals surface area contributed by atoms with Crippen molar-refractivity contribution < 1.29 is 9.18 Å². The van der Waals surface area contributed by atoms with Crippen molar-refractivity contribution in [1.29, 1.82) is 0 Å². The highest BCUT2D eigenvalue weighted by Gasteiger charge is 2.16. The molecule has 0 fully saturated rings. The quantitative estimate of drug-likeness (QED) is 0.845. The summed E-state index contributed by atoms with van der Waals surface area (Å²) in [5, 5.41) is 6.19. The fraction of sp³-hybridized carbons (Fsp3) is 0.368. The molecular weight excluding hydrogens is 305 g/mol. The first kappa shape index (κ1) is 18.1. The average molecular weight is 329 g/mol. The Morgan fingerprint density at radius 1 is 1.25 bits per heavy atom. The van der Waals surface area contributed by atoms with Crippen molar-refractivity contribution >= 4 is 11.6 Å². The summed E-state index contributed by atoms with van der Waals surface area (Å²) >= 11 is 0. The van der Waals surface area contributed by atoms with Crippen LogP contribution >= 0.6 is 0 Å². The molecule has 1 heterocycles. The van der Waals surface area contributed by atoms with Gasteiger partial charge in [0.1, 0.15) is 5.82 Å². The molecule has 0 saturated carbocycles. The number of rotatable bonds is 6. The third-order valence-corrected chi connectivity index (χ3v) is 4.18. The average Bonchev–Trinajstić information content (AvgIpc) is 2.52. The SMILES string of the molecule is Cc1cccc(NC(=O)CC(C)NC(C)c2ccncc2F)c1C. The number of halogens is 1. The molecule has 2 rings (SSSR count). The zero-order valence-corrected chi connectivity index (χ0v) is 14.6. The number of nitrogens with zero attached hydrogens (tertiary/aromatic N) is 1. The molecule has 128 valence electrons. The van der Waals surface area contributed by atoms with E-state index in [1.54, 1.807) is 12.3 Å². The number of aromatic nitrogens is 1. The van der Waals surface area contributed by atoms with Crippen LogP contribution in [0.1, 0.15) is 43.0 Å². The van der Waals surface area contributed by atoms with E-state index in [4.69, 9.17) is 0 Å². The summed E-state index contributed by atoms with van der Waals surface area (Å²) in [7, 11) is 0. The van der Waals surface area contributed by atoms with Crippen molar-refractivity contribution in [3.8, 4) is 0 Å². The van der Waals surface area contributed by atoms with Crippen LogP contribution in [-0.4, -0.2) is 16.9 Å². The number of carbonyl (C=O) groups is 1. The molecule has 2 unspecified atom stereocenters. The molecule has 1 aromatic carbocycles. The summed E-state index contributed by atoms with van der Waals surface area (Å²) in [6.07, 6.45) is 3.07. The Bertz CT molecular complexity index is 718. The van der Waals surface area contributed by atoms with Crippen molar-refractivity contribution in [2.45, 2.75) is 46.2 Å². The van der Waals surface area contributed by atoms with Crippen LogP contribution in [0.3, 0.4) is 0 Å². The van der Waals surface area contributed by atoms with E-state index in [9.17, 15) is 9.18 Å². The molecule has 2 aromatic rings. The van der Waals surface area contributed by atoms with Gasteiger partial charge in [-0.1, -0.05) is 12.1 Å². The van der Waals surface area contributed by atoms with Crippen LogP contribution in [0, 0.1) is 19.7 Å². The van der Waals surface area contributed by atoms with Crippen LogP contribution in [0.15, 0.2) is 36.7 Å². The van der Waals surface area contributed by atoms with Gasteiger partial charge in [0.05, 0.1) is 6.20 Å².